The van der Waals surface area contributed by atoms with Gasteiger partial charge >= 0.3 is 0 Å². The highest BCUT2D eigenvalue weighted by Gasteiger charge is 2.34. The molecule has 0 fully saturated rings. The van der Waals surface area contributed by atoms with Gasteiger partial charge in [-0.3, -0.25) is 0 Å². The Balaban J connectivity index is 4.82. The van der Waals surface area contributed by atoms with Gasteiger partial charge in [0.25, 0.3) is 0 Å². The third-order valence-corrected chi connectivity index (χ3v) is 13.4. The van der Waals surface area contributed by atoms with E-state index in [2.05, 4.69) is 57.6 Å². The van der Waals surface area contributed by atoms with E-state index in [1.165, 1.54) is 50.1 Å². The van der Waals surface area contributed by atoms with Gasteiger partial charge in [0.05, 0.1) is 8.07 Å². The predicted molar refractivity (Wildman–Crippen MR) is 96.2 cm³/mol. The normalized spacial score (nSPS) is 13.0. The molecule has 0 aromatic carbocycles. The Morgan fingerprint density at radius 2 is 1.47 bits per heavy atom. The lowest BCUT2D eigenvalue weighted by Gasteiger charge is -2.42. The van der Waals surface area contributed by atoms with Gasteiger partial charge < -0.3 is 4.57 Å². The van der Waals surface area contributed by atoms with Crippen molar-refractivity contribution in [2.45, 2.75) is 77.8 Å². The zero-order valence-corrected chi connectivity index (χ0v) is 16.4. The second-order valence-corrected chi connectivity index (χ2v) is 16.7. The number of hydrogen-bond acceptors (Lipinski definition) is 1. The molecular weight excluding hydrogens is 262 g/mol. The van der Waals surface area contributed by atoms with Crippen LogP contribution in [0.4, 0.5) is 0 Å². The molecule has 0 radical (unpaired) electrons. The van der Waals surface area contributed by atoms with Crippen LogP contribution in [0.2, 0.25) is 37.3 Å². The molecule has 1 nitrogen and oxygen atoms in total. The molecule has 0 unspecified atom stereocenters. The van der Waals surface area contributed by atoms with Gasteiger partial charge in [0.15, 0.2) is 0 Å². The van der Waals surface area contributed by atoms with E-state index < -0.39 is 16.3 Å². The number of nitrogens with zero attached hydrogens (tertiary/aromatic N) is 1. The van der Waals surface area contributed by atoms with Crippen molar-refractivity contribution in [3.05, 3.63) is 12.3 Å². The van der Waals surface area contributed by atoms with Crippen molar-refractivity contribution in [3.63, 3.8) is 0 Å². The van der Waals surface area contributed by atoms with Crippen LogP contribution in [-0.4, -0.2) is 34.0 Å². The molecule has 0 heterocycles. The summed E-state index contributed by atoms with van der Waals surface area (Å²) in [6, 6.07) is 5.63. The van der Waals surface area contributed by atoms with E-state index in [0.717, 1.165) is 0 Å². The Bertz CT molecular complexity index is 239. The summed E-state index contributed by atoms with van der Waals surface area (Å²) >= 11 is 0. The molecule has 0 saturated heterocycles. The summed E-state index contributed by atoms with van der Waals surface area (Å²) in [5.41, 5.74) is 2.26. The molecular formula is C16H37NSi2. The van der Waals surface area contributed by atoms with Crippen LogP contribution in [0, 0.1) is 0 Å². The fourth-order valence-electron chi connectivity index (χ4n) is 2.88. The van der Waals surface area contributed by atoms with Gasteiger partial charge in [-0.15, -0.1) is 12.3 Å². The summed E-state index contributed by atoms with van der Waals surface area (Å²) in [6.07, 6.45) is 2.69. The summed E-state index contributed by atoms with van der Waals surface area (Å²) < 4.78 is 2.94. The first-order valence-electron chi connectivity index (χ1n) is 8.30. The van der Waals surface area contributed by atoms with Crippen molar-refractivity contribution >= 4 is 16.3 Å². The summed E-state index contributed by atoms with van der Waals surface area (Å²) in [4.78, 5) is 0. The zero-order valence-electron chi connectivity index (χ0n) is 14.4. The standard InChI is InChI=1S/C16H37NSi2/c1-8-13-14-17(15-16-18(6,7)9-2)19(10-3,11-4)12-5/h9H,2,8,10-16H2,1,3-7H3. The number of hydrogen-bond donors (Lipinski definition) is 0. The Morgan fingerprint density at radius 3 is 1.84 bits per heavy atom. The Labute approximate surface area is 124 Å². The van der Waals surface area contributed by atoms with Crippen LogP contribution in [0.15, 0.2) is 12.3 Å². The van der Waals surface area contributed by atoms with Crippen molar-refractivity contribution in [1.29, 1.82) is 0 Å². The first kappa shape index (κ1) is 19.1. The van der Waals surface area contributed by atoms with Gasteiger partial charge in [-0.2, -0.15) is 0 Å². The lowest BCUT2D eigenvalue weighted by atomic mass is 10.3. The van der Waals surface area contributed by atoms with Crippen LogP contribution in [-0.2, 0) is 0 Å². The number of rotatable bonds is 11. The van der Waals surface area contributed by atoms with Crippen LogP contribution >= 0.6 is 0 Å². The minimum Gasteiger partial charge on any atom is -0.324 e. The van der Waals surface area contributed by atoms with Crippen molar-refractivity contribution in [2.75, 3.05) is 13.1 Å². The van der Waals surface area contributed by atoms with Crippen LogP contribution in [0.1, 0.15) is 40.5 Å². The van der Waals surface area contributed by atoms with E-state index >= 15 is 0 Å². The van der Waals surface area contributed by atoms with Gasteiger partial charge in [-0.1, -0.05) is 47.2 Å². The number of unbranched alkanes of at least 4 members (excludes halogenated alkanes) is 1. The Hall–Kier alpha value is 0.134. The van der Waals surface area contributed by atoms with Gasteiger partial charge in [0.1, 0.15) is 8.24 Å². The van der Waals surface area contributed by atoms with Gasteiger partial charge in [0.2, 0.25) is 0 Å². The molecule has 0 aromatic rings. The average molecular weight is 300 g/mol. The molecule has 0 atom stereocenters. The minimum absolute atomic E-state index is 1.15. The molecule has 0 aliphatic rings. The summed E-state index contributed by atoms with van der Waals surface area (Å²) in [5.74, 6) is 0. The van der Waals surface area contributed by atoms with E-state index in [0.29, 0.717) is 0 Å². The SMILES string of the molecule is C=C[Si](C)(C)CCN(CCCC)[Si](CC)(CC)CC. The quantitative estimate of drug-likeness (QED) is 0.454. The molecule has 114 valence electrons. The predicted octanol–water partition coefficient (Wildman–Crippen LogP) is 5.53. The van der Waals surface area contributed by atoms with E-state index in [1.54, 1.807) is 0 Å². The first-order chi connectivity index (χ1) is 8.91. The smallest absolute Gasteiger partial charge is 0.127 e. The molecule has 0 aliphatic carbocycles. The van der Waals surface area contributed by atoms with Crippen LogP contribution in [0.25, 0.3) is 0 Å². The molecule has 0 amide bonds. The highest BCUT2D eigenvalue weighted by atomic mass is 28.3. The van der Waals surface area contributed by atoms with Crippen molar-refractivity contribution in [1.82, 2.24) is 4.57 Å². The zero-order chi connectivity index (χ0) is 14.9. The lowest BCUT2D eigenvalue weighted by molar-refractivity contribution is 0.419. The molecule has 0 N–H and O–H groups in total. The second kappa shape index (κ2) is 9.14. The second-order valence-electron chi connectivity index (χ2n) is 6.57. The van der Waals surface area contributed by atoms with Crippen LogP contribution in [0.3, 0.4) is 0 Å². The highest BCUT2D eigenvalue weighted by Crippen LogP contribution is 2.27. The van der Waals surface area contributed by atoms with E-state index in [9.17, 15) is 0 Å². The maximum Gasteiger partial charge on any atom is 0.127 e. The van der Waals surface area contributed by atoms with E-state index in [-0.39, 0.29) is 0 Å². The van der Waals surface area contributed by atoms with E-state index in [1.807, 2.05) is 0 Å². The maximum atomic E-state index is 4.05. The Kier molecular flexibility index (Phi) is 9.20. The molecule has 3 heteroatoms. The van der Waals surface area contributed by atoms with Crippen LogP contribution in [0.5, 0.6) is 0 Å². The maximum absolute atomic E-state index is 4.05. The fraction of sp³-hybridized carbons (Fsp3) is 0.875. The highest BCUT2D eigenvalue weighted by molar-refractivity contribution is 6.82. The van der Waals surface area contributed by atoms with Crippen molar-refractivity contribution in [2.24, 2.45) is 0 Å². The molecule has 0 saturated carbocycles. The molecule has 0 spiro atoms. The molecule has 19 heavy (non-hydrogen) atoms. The Morgan fingerprint density at radius 1 is 0.947 bits per heavy atom. The van der Waals surface area contributed by atoms with Crippen molar-refractivity contribution < 1.29 is 0 Å². The largest absolute Gasteiger partial charge is 0.324 e. The average Bonchev–Trinajstić information content (AvgIpc) is 2.43. The third-order valence-electron chi connectivity index (χ3n) is 5.01. The van der Waals surface area contributed by atoms with Crippen LogP contribution < -0.4 is 0 Å². The first-order valence-corrected chi connectivity index (χ1v) is 14.1. The summed E-state index contributed by atoms with van der Waals surface area (Å²) in [5, 5.41) is 0. The van der Waals surface area contributed by atoms with Crippen molar-refractivity contribution in [3.8, 4) is 0 Å². The molecule has 0 rings (SSSR count). The lowest BCUT2D eigenvalue weighted by Crippen LogP contribution is -2.53. The monoisotopic (exact) mass is 299 g/mol. The van der Waals surface area contributed by atoms with E-state index in [4.69, 9.17) is 0 Å². The minimum atomic E-state index is -1.18. The van der Waals surface area contributed by atoms with Gasteiger partial charge in [-0.25, -0.2) is 0 Å². The van der Waals surface area contributed by atoms with Gasteiger partial charge in [0, 0.05) is 0 Å². The third kappa shape index (κ3) is 5.96. The molecule has 0 aliphatic heterocycles. The summed E-state index contributed by atoms with van der Waals surface area (Å²) in [6.45, 7) is 21.2. The molecule has 0 aromatic heterocycles. The fourth-order valence-corrected chi connectivity index (χ4v) is 8.22. The van der Waals surface area contributed by atoms with Gasteiger partial charge in [-0.05, 0) is 43.7 Å². The molecule has 0 bridgehead atoms. The summed E-state index contributed by atoms with van der Waals surface area (Å²) in [7, 11) is -2.33. The topological polar surface area (TPSA) is 3.24 Å².